The van der Waals surface area contributed by atoms with Gasteiger partial charge in [-0.05, 0) is 56.9 Å². The molecule has 92 valence electrons. The standard InChI is InChI=1S/C14H21N3/c1-10(14-9-15-6-7-16-14)17-8-13(11-2-3-11)12-4-5-12/h6-7,9-13,17H,2-5,8H2,1H3. The third kappa shape index (κ3) is 2.83. The smallest absolute Gasteiger partial charge is 0.0753 e. The number of hydrogen-bond acceptors (Lipinski definition) is 3. The van der Waals surface area contributed by atoms with E-state index in [9.17, 15) is 0 Å². The van der Waals surface area contributed by atoms with E-state index >= 15 is 0 Å². The van der Waals surface area contributed by atoms with Crippen LogP contribution in [0.1, 0.15) is 44.3 Å². The van der Waals surface area contributed by atoms with Crippen LogP contribution in [0.2, 0.25) is 0 Å². The quantitative estimate of drug-likeness (QED) is 0.817. The molecule has 1 atom stereocenters. The Kier molecular flexibility index (Phi) is 3.10. The molecule has 0 aliphatic heterocycles. The first-order valence-electron chi connectivity index (χ1n) is 6.84. The van der Waals surface area contributed by atoms with Gasteiger partial charge in [-0.3, -0.25) is 9.97 Å². The van der Waals surface area contributed by atoms with Crippen molar-refractivity contribution < 1.29 is 0 Å². The van der Waals surface area contributed by atoms with E-state index in [1.165, 1.54) is 25.7 Å². The summed E-state index contributed by atoms with van der Waals surface area (Å²) in [6.45, 7) is 3.34. The van der Waals surface area contributed by atoms with Gasteiger partial charge in [-0.15, -0.1) is 0 Å². The van der Waals surface area contributed by atoms with Gasteiger partial charge in [0.1, 0.15) is 0 Å². The fourth-order valence-corrected chi connectivity index (χ4v) is 2.72. The lowest BCUT2D eigenvalue weighted by atomic mass is 9.97. The molecule has 3 heteroatoms. The predicted octanol–water partition coefficient (Wildman–Crippen LogP) is 2.56. The zero-order valence-electron chi connectivity index (χ0n) is 10.5. The van der Waals surface area contributed by atoms with E-state index < -0.39 is 0 Å². The average molecular weight is 231 g/mol. The van der Waals surface area contributed by atoms with Crippen LogP contribution in [0.3, 0.4) is 0 Å². The Labute approximate surface area is 103 Å². The van der Waals surface area contributed by atoms with Crippen molar-refractivity contribution in [3.63, 3.8) is 0 Å². The van der Waals surface area contributed by atoms with Gasteiger partial charge in [0.2, 0.25) is 0 Å². The fraction of sp³-hybridized carbons (Fsp3) is 0.714. The third-order valence-corrected chi connectivity index (χ3v) is 4.14. The molecule has 0 spiro atoms. The van der Waals surface area contributed by atoms with Crippen molar-refractivity contribution in [2.45, 2.75) is 38.6 Å². The van der Waals surface area contributed by atoms with Gasteiger partial charge in [0, 0.05) is 24.6 Å². The highest BCUT2D eigenvalue weighted by atomic mass is 14.9. The number of nitrogens with one attached hydrogen (secondary N) is 1. The molecule has 3 nitrogen and oxygen atoms in total. The molecule has 17 heavy (non-hydrogen) atoms. The molecule has 0 radical (unpaired) electrons. The zero-order chi connectivity index (χ0) is 11.7. The van der Waals surface area contributed by atoms with Crippen molar-refractivity contribution in [3.05, 3.63) is 24.3 Å². The zero-order valence-corrected chi connectivity index (χ0v) is 10.5. The van der Waals surface area contributed by atoms with Gasteiger partial charge in [0.15, 0.2) is 0 Å². The Hall–Kier alpha value is -0.960. The van der Waals surface area contributed by atoms with E-state index in [-0.39, 0.29) is 0 Å². The molecule has 2 fully saturated rings. The topological polar surface area (TPSA) is 37.8 Å². The van der Waals surface area contributed by atoms with Crippen molar-refractivity contribution in [2.24, 2.45) is 17.8 Å². The summed E-state index contributed by atoms with van der Waals surface area (Å²) in [5, 5.41) is 3.64. The average Bonchev–Trinajstić information content (AvgIpc) is 3.24. The first-order valence-corrected chi connectivity index (χ1v) is 6.84. The molecule has 1 aromatic heterocycles. The molecule has 3 rings (SSSR count). The third-order valence-electron chi connectivity index (χ3n) is 4.14. The lowest BCUT2D eigenvalue weighted by molar-refractivity contribution is 0.360. The molecule has 1 heterocycles. The minimum atomic E-state index is 0.323. The first-order chi connectivity index (χ1) is 8.34. The second-order valence-electron chi connectivity index (χ2n) is 5.60. The van der Waals surface area contributed by atoms with E-state index in [1.54, 1.807) is 12.4 Å². The Balaban J connectivity index is 1.52. The summed E-state index contributed by atoms with van der Waals surface area (Å²) < 4.78 is 0. The van der Waals surface area contributed by atoms with E-state index in [4.69, 9.17) is 0 Å². The second-order valence-corrected chi connectivity index (χ2v) is 5.60. The molecule has 2 aliphatic rings. The summed E-state index contributed by atoms with van der Waals surface area (Å²) in [5.41, 5.74) is 1.05. The summed E-state index contributed by atoms with van der Waals surface area (Å²) in [6, 6.07) is 0.323. The maximum absolute atomic E-state index is 4.35. The monoisotopic (exact) mass is 231 g/mol. The van der Waals surface area contributed by atoms with Gasteiger partial charge in [-0.2, -0.15) is 0 Å². The van der Waals surface area contributed by atoms with Gasteiger partial charge >= 0.3 is 0 Å². The van der Waals surface area contributed by atoms with Crippen LogP contribution in [0, 0.1) is 17.8 Å². The van der Waals surface area contributed by atoms with Crippen LogP contribution < -0.4 is 5.32 Å². The highest BCUT2D eigenvalue weighted by Crippen LogP contribution is 2.48. The molecule has 0 saturated heterocycles. The molecule has 1 N–H and O–H groups in total. The van der Waals surface area contributed by atoms with Crippen LogP contribution >= 0.6 is 0 Å². The lowest BCUT2D eigenvalue weighted by Gasteiger charge is -2.19. The molecule has 2 saturated carbocycles. The van der Waals surface area contributed by atoms with E-state index in [2.05, 4.69) is 22.2 Å². The normalized spacial score (nSPS) is 21.8. The van der Waals surface area contributed by atoms with Crippen LogP contribution in [0.4, 0.5) is 0 Å². The lowest BCUT2D eigenvalue weighted by Crippen LogP contribution is -2.28. The Bertz CT molecular complexity index is 345. The van der Waals surface area contributed by atoms with Crippen molar-refractivity contribution >= 4 is 0 Å². The Morgan fingerprint density at radius 2 is 1.94 bits per heavy atom. The predicted molar refractivity (Wildman–Crippen MR) is 67.4 cm³/mol. The minimum absolute atomic E-state index is 0.323. The van der Waals surface area contributed by atoms with Crippen LogP contribution in [0.5, 0.6) is 0 Å². The Morgan fingerprint density at radius 3 is 2.47 bits per heavy atom. The number of aromatic nitrogens is 2. The Morgan fingerprint density at radius 1 is 1.24 bits per heavy atom. The first kappa shape index (κ1) is 11.1. The molecule has 0 aromatic carbocycles. The molecular formula is C14H21N3. The minimum Gasteiger partial charge on any atom is -0.309 e. The van der Waals surface area contributed by atoms with Crippen LogP contribution in [-0.2, 0) is 0 Å². The van der Waals surface area contributed by atoms with Gasteiger partial charge in [-0.25, -0.2) is 0 Å². The number of rotatable bonds is 6. The molecular weight excluding hydrogens is 210 g/mol. The van der Waals surface area contributed by atoms with Crippen molar-refractivity contribution in [3.8, 4) is 0 Å². The largest absolute Gasteiger partial charge is 0.309 e. The molecule has 0 bridgehead atoms. The summed E-state index contributed by atoms with van der Waals surface area (Å²) in [6.07, 6.45) is 11.2. The summed E-state index contributed by atoms with van der Waals surface area (Å²) in [5.74, 6) is 2.96. The fourth-order valence-electron chi connectivity index (χ4n) is 2.72. The van der Waals surface area contributed by atoms with Crippen molar-refractivity contribution in [1.29, 1.82) is 0 Å². The highest BCUT2D eigenvalue weighted by molar-refractivity contribution is 5.01. The van der Waals surface area contributed by atoms with E-state index in [1.807, 2.05) is 6.20 Å². The van der Waals surface area contributed by atoms with Gasteiger partial charge in [0.05, 0.1) is 5.69 Å². The maximum Gasteiger partial charge on any atom is 0.0753 e. The van der Waals surface area contributed by atoms with Crippen LogP contribution in [0.15, 0.2) is 18.6 Å². The van der Waals surface area contributed by atoms with Gasteiger partial charge < -0.3 is 5.32 Å². The molecule has 2 aliphatic carbocycles. The van der Waals surface area contributed by atoms with Crippen LogP contribution in [-0.4, -0.2) is 16.5 Å². The van der Waals surface area contributed by atoms with Crippen LogP contribution in [0.25, 0.3) is 0 Å². The van der Waals surface area contributed by atoms with E-state index in [0.717, 1.165) is 30.0 Å². The van der Waals surface area contributed by atoms with Gasteiger partial charge in [-0.1, -0.05) is 0 Å². The van der Waals surface area contributed by atoms with E-state index in [0.29, 0.717) is 6.04 Å². The summed E-state index contributed by atoms with van der Waals surface area (Å²) in [7, 11) is 0. The molecule has 1 aromatic rings. The maximum atomic E-state index is 4.35. The summed E-state index contributed by atoms with van der Waals surface area (Å²) >= 11 is 0. The molecule has 1 unspecified atom stereocenters. The highest BCUT2D eigenvalue weighted by Gasteiger charge is 2.41. The van der Waals surface area contributed by atoms with Crippen molar-refractivity contribution in [2.75, 3.05) is 6.54 Å². The summed E-state index contributed by atoms with van der Waals surface area (Å²) in [4.78, 5) is 8.48. The van der Waals surface area contributed by atoms with Crippen molar-refractivity contribution in [1.82, 2.24) is 15.3 Å². The second kappa shape index (κ2) is 4.73. The molecule has 0 amide bonds. The number of hydrogen-bond donors (Lipinski definition) is 1. The van der Waals surface area contributed by atoms with Gasteiger partial charge in [0.25, 0.3) is 0 Å². The SMILES string of the molecule is CC(NCC(C1CC1)C1CC1)c1cnccn1. The number of nitrogens with zero attached hydrogens (tertiary/aromatic N) is 2.